The first-order valence-electron chi connectivity index (χ1n) is 5.52. The molecule has 0 bridgehead atoms. The van der Waals surface area contributed by atoms with Gasteiger partial charge >= 0.3 is 0 Å². The van der Waals surface area contributed by atoms with E-state index in [0.717, 1.165) is 12.1 Å². The highest BCUT2D eigenvalue weighted by Gasteiger charge is 2.23. The molecule has 6 nitrogen and oxygen atoms in total. The first kappa shape index (κ1) is 15.4. The fraction of sp³-hybridized carbons (Fsp3) is 0. The Hall–Kier alpha value is -2.00. The van der Waals surface area contributed by atoms with Gasteiger partial charge in [0.2, 0.25) is 0 Å². The zero-order chi connectivity index (χ0) is 15.6. The van der Waals surface area contributed by atoms with Crippen molar-refractivity contribution in [1.82, 2.24) is 0 Å². The van der Waals surface area contributed by atoms with E-state index >= 15 is 0 Å². The van der Waals surface area contributed by atoms with Crippen molar-refractivity contribution >= 4 is 37.3 Å². The number of nitrogens with zero attached hydrogens (tertiary/aromatic N) is 1. The Morgan fingerprint density at radius 1 is 1.19 bits per heavy atom. The molecule has 0 spiro atoms. The zero-order valence-corrected chi connectivity index (χ0v) is 12.7. The van der Waals surface area contributed by atoms with Crippen LogP contribution in [0.4, 0.5) is 15.8 Å². The van der Waals surface area contributed by atoms with Crippen molar-refractivity contribution in [1.29, 1.82) is 0 Å². The van der Waals surface area contributed by atoms with Gasteiger partial charge in [-0.1, -0.05) is 12.1 Å². The number of halogens is 2. The lowest BCUT2D eigenvalue weighted by Crippen LogP contribution is -2.15. The molecule has 0 amide bonds. The van der Waals surface area contributed by atoms with Gasteiger partial charge in [0.15, 0.2) is 0 Å². The molecule has 0 atom stereocenters. The van der Waals surface area contributed by atoms with E-state index in [1.165, 1.54) is 6.07 Å². The molecule has 2 aromatic carbocycles. The van der Waals surface area contributed by atoms with E-state index in [9.17, 15) is 22.9 Å². The first-order valence-corrected chi connectivity index (χ1v) is 7.80. The van der Waals surface area contributed by atoms with Crippen molar-refractivity contribution in [3.63, 3.8) is 0 Å². The van der Waals surface area contributed by atoms with Gasteiger partial charge in [-0.25, -0.2) is 12.8 Å². The van der Waals surface area contributed by atoms with Crippen molar-refractivity contribution < 1.29 is 17.7 Å². The van der Waals surface area contributed by atoms with Crippen LogP contribution >= 0.6 is 15.9 Å². The van der Waals surface area contributed by atoms with Crippen molar-refractivity contribution in [3.05, 3.63) is 62.9 Å². The summed E-state index contributed by atoms with van der Waals surface area (Å²) in [6.45, 7) is 0. The van der Waals surface area contributed by atoms with Gasteiger partial charge in [0.1, 0.15) is 10.7 Å². The van der Waals surface area contributed by atoms with Crippen molar-refractivity contribution in [2.24, 2.45) is 0 Å². The van der Waals surface area contributed by atoms with Crippen LogP contribution < -0.4 is 4.72 Å². The summed E-state index contributed by atoms with van der Waals surface area (Å²) >= 11 is 3.15. The van der Waals surface area contributed by atoms with Crippen molar-refractivity contribution in [3.8, 4) is 0 Å². The van der Waals surface area contributed by atoms with Gasteiger partial charge in [-0.05, 0) is 34.1 Å². The van der Waals surface area contributed by atoms with E-state index in [0.29, 0.717) is 10.5 Å². The topological polar surface area (TPSA) is 89.3 Å². The first-order chi connectivity index (χ1) is 9.81. The Morgan fingerprint density at radius 2 is 1.86 bits per heavy atom. The lowest BCUT2D eigenvalue weighted by atomic mass is 10.3. The normalized spacial score (nSPS) is 11.1. The quantitative estimate of drug-likeness (QED) is 0.656. The number of rotatable bonds is 4. The number of anilines is 1. The number of para-hydroxylation sites is 1. The summed E-state index contributed by atoms with van der Waals surface area (Å²) in [5.41, 5.74) is -0.313. The maximum atomic E-state index is 13.7. The molecule has 0 aliphatic rings. The van der Waals surface area contributed by atoms with Gasteiger partial charge in [0.25, 0.3) is 15.7 Å². The predicted octanol–water partition coefficient (Wildman–Crippen LogP) is 3.30. The number of non-ortho nitro benzene ring substituents is 1. The van der Waals surface area contributed by atoms with Crippen LogP contribution in [0, 0.1) is 15.9 Å². The minimum Gasteiger partial charge on any atom is -0.278 e. The van der Waals surface area contributed by atoms with E-state index in [2.05, 4.69) is 20.7 Å². The fourth-order valence-corrected chi connectivity index (χ4v) is 3.25. The Balaban J connectivity index is 2.47. The Morgan fingerprint density at radius 3 is 2.48 bits per heavy atom. The molecule has 2 aromatic rings. The Kier molecular flexibility index (Phi) is 4.24. The molecular weight excluding hydrogens is 367 g/mol. The molecule has 0 saturated heterocycles. The van der Waals surface area contributed by atoms with E-state index in [1.54, 1.807) is 18.2 Å². The van der Waals surface area contributed by atoms with E-state index in [1.807, 2.05) is 0 Å². The van der Waals surface area contributed by atoms with Crippen LogP contribution in [0.5, 0.6) is 0 Å². The molecule has 2 rings (SSSR count). The number of nitrogens with one attached hydrogen (secondary N) is 1. The Labute approximate surface area is 127 Å². The molecule has 0 aromatic heterocycles. The fourth-order valence-electron chi connectivity index (χ4n) is 1.56. The number of nitro groups is 1. The monoisotopic (exact) mass is 374 g/mol. The molecule has 0 fully saturated rings. The van der Waals surface area contributed by atoms with Crippen LogP contribution in [-0.4, -0.2) is 13.3 Å². The molecule has 1 N–H and O–H groups in total. The number of benzene rings is 2. The highest BCUT2D eigenvalue weighted by atomic mass is 79.9. The molecule has 9 heteroatoms. The molecule has 0 heterocycles. The second-order valence-corrected chi connectivity index (χ2v) is 6.46. The number of hydrogen-bond acceptors (Lipinski definition) is 4. The summed E-state index contributed by atoms with van der Waals surface area (Å²) in [5.74, 6) is -1.07. The SMILES string of the molecule is O=[N+]([O-])c1ccc(F)c(S(=O)(=O)Nc2ccccc2Br)c1. The third-order valence-electron chi connectivity index (χ3n) is 2.53. The minimum atomic E-state index is -4.28. The number of sulfonamides is 1. The summed E-state index contributed by atoms with van der Waals surface area (Å²) in [4.78, 5) is 9.08. The summed E-state index contributed by atoms with van der Waals surface area (Å²) < 4.78 is 40.6. The predicted molar refractivity (Wildman–Crippen MR) is 78.0 cm³/mol. The van der Waals surface area contributed by atoms with Gasteiger partial charge in [-0.15, -0.1) is 0 Å². The van der Waals surface area contributed by atoms with Crippen molar-refractivity contribution in [2.75, 3.05) is 4.72 Å². The highest BCUT2D eigenvalue weighted by Crippen LogP contribution is 2.27. The smallest absolute Gasteiger partial charge is 0.271 e. The molecule has 0 saturated carbocycles. The van der Waals surface area contributed by atoms with Crippen LogP contribution in [-0.2, 0) is 10.0 Å². The lowest BCUT2D eigenvalue weighted by molar-refractivity contribution is -0.385. The van der Waals surface area contributed by atoms with Crippen LogP contribution in [0.2, 0.25) is 0 Å². The molecule has 0 aliphatic heterocycles. The van der Waals surface area contributed by atoms with E-state index < -0.39 is 31.3 Å². The minimum absolute atomic E-state index is 0.198. The average molecular weight is 375 g/mol. The second kappa shape index (κ2) is 5.78. The zero-order valence-electron chi connectivity index (χ0n) is 10.3. The number of hydrogen-bond donors (Lipinski definition) is 1. The van der Waals surface area contributed by atoms with E-state index in [-0.39, 0.29) is 5.69 Å². The van der Waals surface area contributed by atoms with Gasteiger partial charge in [0.05, 0.1) is 10.6 Å². The van der Waals surface area contributed by atoms with E-state index in [4.69, 9.17) is 0 Å². The standard InChI is InChI=1S/C12H8BrFN2O4S/c13-9-3-1-2-4-11(9)15-21(19,20)12-7-8(16(17)18)5-6-10(12)14/h1-7,15H. The average Bonchev–Trinajstić information content (AvgIpc) is 2.41. The summed E-state index contributed by atoms with van der Waals surface area (Å²) in [6.07, 6.45) is 0. The lowest BCUT2D eigenvalue weighted by Gasteiger charge is -2.10. The second-order valence-electron chi connectivity index (χ2n) is 3.96. The third kappa shape index (κ3) is 3.37. The van der Waals surface area contributed by atoms with Gasteiger partial charge in [-0.2, -0.15) is 0 Å². The third-order valence-corrected chi connectivity index (χ3v) is 4.61. The number of nitro benzene ring substituents is 1. The molecule has 0 unspecified atom stereocenters. The summed E-state index contributed by atoms with van der Waals surface area (Å²) in [7, 11) is -4.28. The molecule has 110 valence electrons. The van der Waals surface area contributed by atoms with Gasteiger partial charge in [-0.3, -0.25) is 14.8 Å². The summed E-state index contributed by atoms with van der Waals surface area (Å²) in [5, 5.41) is 10.7. The highest BCUT2D eigenvalue weighted by molar-refractivity contribution is 9.10. The maximum absolute atomic E-state index is 13.7. The van der Waals surface area contributed by atoms with Crippen LogP contribution in [0.15, 0.2) is 51.8 Å². The van der Waals surface area contributed by atoms with Gasteiger partial charge in [0, 0.05) is 16.6 Å². The van der Waals surface area contributed by atoms with Crippen LogP contribution in [0.3, 0.4) is 0 Å². The molecular formula is C12H8BrFN2O4S. The molecule has 0 radical (unpaired) electrons. The maximum Gasteiger partial charge on any atom is 0.271 e. The Bertz CT molecular complexity index is 811. The van der Waals surface area contributed by atoms with Crippen LogP contribution in [0.1, 0.15) is 0 Å². The van der Waals surface area contributed by atoms with Crippen molar-refractivity contribution in [2.45, 2.75) is 4.90 Å². The summed E-state index contributed by atoms with van der Waals surface area (Å²) in [6, 6.07) is 8.65. The van der Waals surface area contributed by atoms with Crippen LogP contribution in [0.25, 0.3) is 0 Å². The molecule has 21 heavy (non-hydrogen) atoms. The van der Waals surface area contributed by atoms with Gasteiger partial charge < -0.3 is 0 Å². The largest absolute Gasteiger partial charge is 0.278 e. The molecule has 0 aliphatic carbocycles.